The monoisotopic (exact) mass is 299 g/mol. The zero-order valence-corrected chi connectivity index (χ0v) is 13.1. The molecular formula is C21H25N. The summed E-state index contributed by atoms with van der Waals surface area (Å²) < 4.78 is 65.5. The number of hydrogen-bond acceptors (Lipinski definition) is 1. The molecule has 0 heterocycles. The third-order valence-corrected chi connectivity index (χ3v) is 2.80. The maximum Gasteiger partial charge on any atom is 0.0717 e. The van der Waals surface area contributed by atoms with Crippen molar-refractivity contribution < 1.29 is 11.0 Å². The van der Waals surface area contributed by atoms with Crippen molar-refractivity contribution in [1.82, 2.24) is 4.90 Å². The van der Waals surface area contributed by atoms with Gasteiger partial charge >= 0.3 is 0 Å². The average Bonchev–Trinajstić information content (AvgIpc) is 2.56. The van der Waals surface area contributed by atoms with Crippen LogP contribution in [0, 0.1) is 17.3 Å². The minimum absolute atomic E-state index is 0.0290. The number of allylic oxidation sites excluding steroid dienone is 1. The van der Waals surface area contributed by atoms with E-state index in [-0.39, 0.29) is 10.5 Å². The second-order valence-electron chi connectivity index (χ2n) is 5.89. The molecule has 0 aliphatic rings. The molecule has 0 radical (unpaired) electrons. The molecule has 1 heteroatoms. The molecule has 0 aromatic heterocycles. The van der Waals surface area contributed by atoms with Crippen LogP contribution in [-0.4, -0.2) is 18.4 Å². The molecular weight excluding hydrogens is 266 g/mol. The summed E-state index contributed by atoms with van der Waals surface area (Å²) >= 11 is 0. The van der Waals surface area contributed by atoms with E-state index in [1.54, 1.807) is 36.4 Å². The maximum absolute atomic E-state index is 8.63. The van der Waals surface area contributed by atoms with Gasteiger partial charge in [-0.3, -0.25) is 4.90 Å². The molecule has 114 valence electrons. The van der Waals surface area contributed by atoms with Crippen molar-refractivity contribution in [2.24, 2.45) is 5.41 Å². The first-order valence-corrected chi connectivity index (χ1v) is 7.07. The van der Waals surface area contributed by atoms with Crippen LogP contribution < -0.4 is 0 Å². The minimum Gasteiger partial charge on any atom is -0.298 e. The SMILES string of the molecule is [2H]C(C#CC(C)(C)C)=CC([2H])([2H])N(C([2H])([2H])[2H])C([2H])([2H])c1cccc2ccccc12. The van der Waals surface area contributed by atoms with Crippen LogP contribution in [0.15, 0.2) is 54.6 Å². The topological polar surface area (TPSA) is 3.24 Å². The Morgan fingerprint density at radius 1 is 1.23 bits per heavy atom. The van der Waals surface area contributed by atoms with E-state index < -0.39 is 31.4 Å². The highest BCUT2D eigenvalue weighted by Crippen LogP contribution is 2.19. The van der Waals surface area contributed by atoms with E-state index >= 15 is 0 Å². The summed E-state index contributed by atoms with van der Waals surface area (Å²) in [6, 6.07) is 11.3. The normalized spacial score (nSPS) is 19.5. The van der Waals surface area contributed by atoms with Crippen molar-refractivity contribution in [2.75, 3.05) is 13.5 Å². The number of rotatable bonds is 4. The summed E-state index contributed by atoms with van der Waals surface area (Å²) in [6.45, 7) is -3.15. The number of fused-ring (bicyclic) bond motifs is 1. The average molecular weight is 299 g/mol. The van der Waals surface area contributed by atoms with Gasteiger partial charge in [-0.15, -0.1) is 0 Å². The first-order chi connectivity index (χ1) is 13.6. The molecule has 0 spiro atoms. The van der Waals surface area contributed by atoms with Gasteiger partial charge in [0.05, 0.1) is 1.37 Å². The van der Waals surface area contributed by atoms with Crippen LogP contribution in [-0.2, 0) is 6.50 Å². The van der Waals surface area contributed by atoms with Crippen molar-refractivity contribution in [3.63, 3.8) is 0 Å². The van der Waals surface area contributed by atoms with Crippen molar-refractivity contribution in [3.05, 3.63) is 60.2 Å². The van der Waals surface area contributed by atoms with E-state index in [0.29, 0.717) is 10.8 Å². The fraction of sp³-hybridized carbons (Fsp3) is 0.333. The lowest BCUT2D eigenvalue weighted by Crippen LogP contribution is -2.17. The van der Waals surface area contributed by atoms with Crippen LogP contribution in [0.2, 0.25) is 0 Å². The van der Waals surface area contributed by atoms with Crippen molar-refractivity contribution in [2.45, 2.75) is 27.3 Å². The first kappa shape index (κ1) is 8.56. The van der Waals surface area contributed by atoms with Crippen LogP contribution in [0.25, 0.3) is 10.8 Å². The Kier molecular flexibility index (Phi) is 2.84. The van der Waals surface area contributed by atoms with Crippen LogP contribution in [0.3, 0.4) is 0 Å². The zero-order chi connectivity index (χ0) is 23.0. The van der Waals surface area contributed by atoms with Crippen LogP contribution in [0.4, 0.5) is 0 Å². The van der Waals surface area contributed by atoms with Gasteiger partial charge in [-0.05, 0) is 50.1 Å². The zero-order valence-electron chi connectivity index (χ0n) is 21.1. The largest absolute Gasteiger partial charge is 0.298 e. The molecule has 0 aliphatic heterocycles. The lowest BCUT2D eigenvalue weighted by molar-refractivity contribution is 0.365. The molecule has 0 unspecified atom stereocenters. The number of likely N-dealkylation sites (N-methyl/N-ethyl adjacent to an activating group) is 1. The van der Waals surface area contributed by atoms with Crippen LogP contribution >= 0.6 is 0 Å². The molecule has 22 heavy (non-hydrogen) atoms. The molecule has 0 N–H and O–H groups in total. The van der Waals surface area contributed by atoms with Gasteiger partial charge in [0.25, 0.3) is 0 Å². The Bertz CT molecular complexity index is 998. The number of nitrogens with zero attached hydrogens (tertiary/aromatic N) is 1. The Hall–Kier alpha value is -2.04. The summed E-state index contributed by atoms with van der Waals surface area (Å²) in [6.07, 6.45) is 0.737. The van der Waals surface area contributed by atoms with Crippen molar-refractivity contribution in [3.8, 4) is 11.8 Å². The Balaban J connectivity index is 2.65. The van der Waals surface area contributed by atoms with E-state index in [0.717, 1.165) is 6.08 Å². The summed E-state index contributed by atoms with van der Waals surface area (Å²) in [4.78, 5) is 0.183. The molecule has 0 atom stereocenters. The maximum atomic E-state index is 8.63. The van der Waals surface area contributed by atoms with Crippen LogP contribution in [0.5, 0.6) is 0 Å². The highest BCUT2D eigenvalue weighted by molar-refractivity contribution is 5.85. The second-order valence-corrected chi connectivity index (χ2v) is 5.89. The highest BCUT2D eigenvalue weighted by Gasteiger charge is 2.03. The molecule has 0 saturated carbocycles. The standard InChI is InChI=1S/C21H25N/c1-21(2,3)15-8-5-9-16-22(4)17-19-13-10-12-18-11-6-7-14-20(18)19/h5-7,9-14H,16-17H2,1-4H3/i4D3,5D,16D2,17D2. The van der Waals surface area contributed by atoms with Gasteiger partial charge < -0.3 is 0 Å². The Labute approximate surface area is 145 Å². The molecule has 0 amide bonds. The molecule has 0 fully saturated rings. The quantitative estimate of drug-likeness (QED) is 0.727. The van der Waals surface area contributed by atoms with Gasteiger partial charge in [-0.2, -0.15) is 0 Å². The molecule has 1 nitrogen and oxygen atoms in total. The Morgan fingerprint density at radius 3 is 2.77 bits per heavy atom. The first-order valence-electron chi connectivity index (χ1n) is 11.1. The molecule has 0 aliphatic carbocycles. The van der Waals surface area contributed by atoms with Gasteiger partial charge in [0.15, 0.2) is 0 Å². The van der Waals surface area contributed by atoms with Gasteiger partial charge in [0.1, 0.15) is 0 Å². The lowest BCUT2D eigenvalue weighted by atomic mass is 9.98. The van der Waals surface area contributed by atoms with Gasteiger partial charge in [0.2, 0.25) is 0 Å². The fourth-order valence-corrected chi connectivity index (χ4v) is 1.83. The predicted molar refractivity (Wildman–Crippen MR) is 96.7 cm³/mol. The summed E-state index contributed by atoms with van der Waals surface area (Å²) in [5.41, 5.74) is -0.394. The lowest BCUT2D eigenvalue weighted by Gasteiger charge is -2.15. The molecule has 0 saturated heterocycles. The van der Waals surface area contributed by atoms with Crippen molar-refractivity contribution in [1.29, 1.82) is 0 Å². The fourth-order valence-electron chi connectivity index (χ4n) is 1.83. The molecule has 0 bridgehead atoms. The minimum atomic E-state index is -3.13. The van der Waals surface area contributed by atoms with E-state index in [9.17, 15) is 0 Å². The van der Waals surface area contributed by atoms with Crippen LogP contribution in [0.1, 0.15) is 37.3 Å². The summed E-state index contributed by atoms with van der Waals surface area (Å²) in [7, 11) is 0. The molecule has 2 rings (SSSR count). The third kappa shape index (κ3) is 5.06. The second kappa shape index (κ2) is 7.29. The van der Waals surface area contributed by atoms with Gasteiger partial charge in [-0.25, -0.2) is 0 Å². The predicted octanol–water partition coefficient (Wildman–Crippen LogP) is 4.88. The van der Waals surface area contributed by atoms with Gasteiger partial charge in [-0.1, -0.05) is 60.4 Å². The molecule has 2 aromatic rings. The summed E-state index contributed by atoms with van der Waals surface area (Å²) in [5, 5.41) is 1.19. The molecule has 2 aromatic carbocycles. The summed E-state index contributed by atoms with van der Waals surface area (Å²) in [5.74, 6) is 5.30. The smallest absolute Gasteiger partial charge is 0.0717 e. The van der Waals surface area contributed by atoms with E-state index in [4.69, 9.17) is 11.0 Å². The van der Waals surface area contributed by atoms with E-state index in [1.807, 2.05) is 20.8 Å². The van der Waals surface area contributed by atoms with E-state index in [2.05, 4.69) is 11.8 Å². The number of hydrogen-bond donors (Lipinski definition) is 0. The number of benzene rings is 2. The third-order valence-electron chi connectivity index (χ3n) is 2.80. The van der Waals surface area contributed by atoms with Gasteiger partial charge in [0, 0.05) is 28.0 Å². The Morgan fingerprint density at radius 2 is 2.00 bits per heavy atom. The highest BCUT2D eigenvalue weighted by atomic mass is 15.1. The van der Waals surface area contributed by atoms with Crippen molar-refractivity contribution >= 4 is 10.8 Å². The van der Waals surface area contributed by atoms with E-state index in [1.165, 1.54) is 6.07 Å².